The molecule has 0 aromatic heterocycles. The van der Waals surface area contributed by atoms with Gasteiger partial charge in [-0.15, -0.1) is 0 Å². The first-order valence-corrected chi connectivity index (χ1v) is 10.2. The fourth-order valence-electron chi connectivity index (χ4n) is 3.36. The molecule has 2 aliphatic heterocycles. The summed E-state index contributed by atoms with van der Waals surface area (Å²) in [5, 5.41) is 0. The zero-order valence-electron chi connectivity index (χ0n) is 14.2. The molecule has 0 N–H and O–H groups in total. The zero-order valence-corrected chi connectivity index (χ0v) is 15.0. The first-order chi connectivity index (χ1) is 12.0. The van der Waals surface area contributed by atoms with Gasteiger partial charge < -0.3 is 4.90 Å². The average Bonchev–Trinajstić information content (AvgIpc) is 2.62. The molecule has 1 aromatic carbocycles. The van der Waals surface area contributed by atoms with E-state index in [-0.39, 0.29) is 23.9 Å². The third-order valence-corrected chi connectivity index (χ3v) is 6.73. The molecular formula is C17H24FN3O3S. The fourth-order valence-corrected chi connectivity index (χ4v) is 4.82. The molecule has 2 heterocycles. The first kappa shape index (κ1) is 18.3. The lowest BCUT2D eigenvalue weighted by atomic mass is 10.1. The number of carbonyl (C=O) groups is 1. The smallest absolute Gasteiger partial charge is 0.243 e. The Morgan fingerprint density at radius 1 is 1.00 bits per heavy atom. The van der Waals surface area contributed by atoms with Crippen LogP contribution in [0.5, 0.6) is 0 Å². The van der Waals surface area contributed by atoms with Gasteiger partial charge in [0.25, 0.3) is 0 Å². The molecule has 3 rings (SSSR count). The number of hydrogen-bond acceptors (Lipinski definition) is 4. The second-order valence-electron chi connectivity index (χ2n) is 6.58. The largest absolute Gasteiger partial charge is 0.339 e. The summed E-state index contributed by atoms with van der Waals surface area (Å²) in [5.41, 5.74) is 0. The normalized spacial score (nSPS) is 20.6. The van der Waals surface area contributed by atoms with Crippen molar-refractivity contribution >= 4 is 15.9 Å². The Balaban J connectivity index is 1.56. The number of amides is 1. The summed E-state index contributed by atoms with van der Waals surface area (Å²) in [6, 6.07) is 5.03. The molecule has 0 aliphatic carbocycles. The van der Waals surface area contributed by atoms with Crippen molar-refractivity contribution in [1.82, 2.24) is 14.1 Å². The van der Waals surface area contributed by atoms with Gasteiger partial charge >= 0.3 is 0 Å². The summed E-state index contributed by atoms with van der Waals surface area (Å²) in [6.45, 7) is 3.56. The Hall–Kier alpha value is -1.51. The highest BCUT2D eigenvalue weighted by Gasteiger charge is 2.30. The van der Waals surface area contributed by atoms with Crippen LogP contribution in [0, 0.1) is 5.82 Å². The van der Waals surface area contributed by atoms with Crippen LogP contribution in [0.1, 0.15) is 19.3 Å². The van der Waals surface area contributed by atoms with E-state index in [1.165, 1.54) is 28.9 Å². The van der Waals surface area contributed by atoms with Crippen molar-refractivity contribution in [2.75, 3.05) is 45.8 Å². The number of hydrogen-bond donors (Lipinski definition) is 0. The Bertz CT molecular complexity index is 712. The third kappa shape index (κ3) is 4.37. The number of halogens is 1. The van der Waals surface area contributed by atoms with Gasteiger partial charge in [-0.2, -0.15) is 4.31 Å². The summed E-state index contributed by atoms with van der Waals surface area (Å²) in [5.74, 6) is -0.513. The van der Waals surface area contributed by atoms with Crippen molar-refractivity contribution in [3.8, 4) is 0 Å². The van der Waals surface area contributed by atoms with E-state index < -0.39 is 15.8 Å². The molecule has 1 amide bonds. The van der Waals surface area contributed by atoms with Crippen LogP contribution in [0.15, 0.2) is 29.2 Å². The molecule has 25 heavy (non-hydrogen) atoms. The second kappa shape index (κ2) is 7.80. The van der Waals surface area contributed by atoms with Crippen LogP contribution in [0.3, 0.4) is 0 Å². The minimum Gasteiger partial charge on any atom is -0.339 e. The van der Waals surface area contributed by atoms with Gasteiger partial charge in [0.2, 0.25) is 15.9 Å². The van der Waals surface area contributed by atoms with Gasteiger partial charge in [0.05, 0.1) is 11.4 Å². The minimum atomic E-state index is -3.72. The standard InChI is InChI=1S/C17H24FN3O3S/c18-15-5-4-6-16(13-15)25(23,24)21-11-9-20(10-12-21)17(22)14-19-7-2-1-3-8-19/h4-6,13H,1-3,7-12,14H2. The predicted octanol–water partition coefficient (Wildman–Crippen LogP) is 1.14. The molecule has 138 valence electrons. The van der Waals surface area contributed by atoms with Crippen LogP contribution in [-0.2, 0) is 14.8 Å². The Morgan fingerprint density at radius 2 is 1.68 bits per heavy atom. The van der Waals surface area contributed by atoms with Crippen molar-refractivity contribution in [1.29, 1.82) is 0 Å². The molecule has 1 aromatic rings. The number of likely N-dealkylation sites (tertiary alicyclic amines) is 1. The molecule has 0 atom stereocenters. The summed E-state index contributed by atoms with van der Waals surface area (Å²) in [7, 11) is -3.72. The van der Waals surface area contributed by atoms with Crippen LogP contribution in [0.4, 0.5) is 4.39 Å². The van der Waals surface area contributed by atoms with Gasteiger partial charge in [0.1, 0.15) is 5.82 Å². The van der Waals surface area contributed by atoms with E-state index in [9.17, 15) is 17.6 Å². The molecule has 0 spiro atoms. The maximum Gasteiger partial charge on any atom is 0.243 e. The highest BCUT2D eigenvalue weighted by atomic mass is 32.2. The SMILES string of the molecule is O=C(CN1CCCCC1)N1CCN(S(=O)(=O)c2cccc(F)c2)CC1. The minimum absolute atomic E-state index is 0.0411. The van der Waals surface area contributed by atoms with Crippen molar-refractivity contribution in [2.24, 2.45) is 0 Å². The topological polar surface area (TPSA) is 60.9 Å². The molecule has 2 aliphatic rings. The second-order valence-corrected chi connectivity index (χ2v) is 8.52. The summed E-state index contributed by atoms with van der Waals surface area (Å²) >= 11 is 0. The van der Waals surface area contributed by atoms with Crippen molar-refractivity contribution < 1.29 is 17.6 Å². The van der Waals surface area contributed by atoms with E-state index in [1.54, 1.807) is 4.90 Å². The lowest BCUT2D eigenvalue weighted by Crippen LogP contribution is -2.52. The van der Waals surface area contributed by atoms with Crippen LogP contribution in [-0.4, -0.2) is 74.2 Å². The fraction of sp³-hybridized carbons (Fsp3) is 0.588. The van der Waals surface area contributed by atoms with Gasteiger partial charge in [-0.05, 0) is 44.1 Å². The van der Waals surface area contributed by atoms with Gasteiger partial charge in [0, 0.05) is 26.2 Å². The lowest BCUT2D eigenvalue weighted by molar-refractivity contribution is -0.133. The highest BCUT2D eigenvalue weighted by Crippen LogP contribution is 2.18. The van der Waals surface area contributed by atoms with Gasteiger partial charge in [-0.1, -0.05) is 12.5 Å². The van der Waals surface area contributed by atoms with Crippen LogP contribution >= 0.6 is 0 Å². The first-order valence-electron chi connectivity index (χ1n) is 8.73. The van der Waals surface area contributed by atoms with Crippen molar-refractivity contribution in [2.45, 2.75) is 24.2 Å². The van der Waals surface area contributed by atoms with E-state index >= 15 is 0 Å². The molecule has 0 bridgehead atoms. The molecule has 8 heteroatoms. The number of piperazine rings is 1. The van der Waals surface area contributed by atoms with Crippen molar-refractivity contribution in [3.05, 3.63) is 30.1 Å². The van der Waals surface area contributed by atoms with E-state index in [2.05, 4.69) is 4.90 Å². The van der Waals surface area contributed by atoms with E-state index in [1.807, 2.05) is 0 Å². The Labute approximate surface area is 148 Å². The van der Waals surface area contributed by atoms with Gasteiger partial charge in [0.15, 0.2) is 0 Å². The number of rotatable bonds is 4. The molecule has 2 saturated heterocycles. The Kier molecular flexibility index (Phi) is 5.71. The molecule has 0 unspecified atom stereocenters. The number of sulfonamides is 1. The van der Waals surface area contributed by atoms with Crippen molar-refractivity contribution in [3.63, 3.8) is 0 Å². The average molecular weight is 369 g/mol. The van der Waals surface area contributed by atoms with Crippen LogP contribution in [0.2, 0.25) is 0 Å². The van der Waals surface area contributed by atoms with E-state index in [0.29, 0.717) is 19.6 Å². The van der Waals surface area contributed by atoms with Crippen LogP contribution in [0.25, 0.3) is 0 Å². The third-order valence-electron chi connectivity index (χ3n) is 4.83. The number of benzene rings is 1. The summed E-state index contributed by atoms with van der Waals surface area (Å²) in [6.07, 6.45) is 3.49. The monoisotopic (exact) mass is 369 g/mol. The predicted molar refractivity (Wildman–Crippen MR) is 92.0 cm³/mol. The maximum absolute atomic E-state index is 13.3. The quantitative estimate of drug-likeness (QED) is 0.799. The van der Waals surface area contributed by atoms with E-state index in [4.69, 9.17) is 0 Å². The highest BCUT2D eigenvalue weighted by molar-refractivity contribution is 7.89. The number of piperidine rings is 1. The lowest BCUT2D eigenvalue weighted by Gasteiger charge is -2.35. The van der Waals surface area contributed by atoms with Gasteiger partial charge in [-0.25, -0.2) is 12.8 Å². The summed E-state index contributed by atoms with van der Waals surface area (Å²) < 4.78 is 39.8. The van der Waals surface area contributed by atoms with E-state index in [0.717, 1.165) is 32.0 Å². The molecular weight excluding hydrogens is 345 g/mol. The molecule has 2 fully saturated rings. The number of nitrogens with zero attached hydrogens (tertiary/aromatic N) is 3. The molecule has 0 saturated carbocycles. The summed E-state index contributed by atoms with van der Waals surface area (Å²) in [4.78, 5) is 16.3. The number of carbonyl (C=O) groups excluding carboxylic acids is 1. The Morgan fingerprint density at radius 3 is 2.32 bits per heavy atom. The zero-order chi connectivity index (χ0) is 17.9. The molecule has 6 nitrogen and oxygen atoms in total. The van der Waals surface area contributed by atoms with Crippen LogP contribution < -0.4 is 0 Å². The maximum atomic E-state index is 13.3. The van der Waals surface area contributed by atoms with Gasteiger partial charge in [-0.3, -0.25) is 9.69 Å². The molecule has 0 radical (unpaired) electrons.